The Morgan fingerprint density at radius 2 is 1.73 bits per heavy atom. The third-order valence-electron chi connectivity index (χ3n) is 5.86. The Morgan fingerprint density at radius 3 is 2.36 bits per heavy atom. The summed E-state index contributed by atoms with van der Waals surface area (Å²) in [5, 5.41) is 0. The van der Waals surface area contributed by atoms with Crippen molar-refractivity contribution in [1.82, 2.24) is 4.90 Å². The van der Waals surface area contributed by atoms with Gasteiger partial charge >= 0.3 is 7.12 Å². The number of nitrogens with zero attached hydrogens (tertiary/aromatic N) is 1. The van der Waals surface area contributed by atoms with E-state index in [1.54, 1.807) is 0 Å². The number of rotatable bonds is 2. The molecule has 2 heterocycles. The average Bonchev–Trinajstić information content (AvgIpc) is 3.26. The molecule has 2 fully saturated rings. The largest absolute Gasteiger partial charge is 0.494 e. The molecule has 0 bridgehead atoms. The highest BCUT2D eigenvalue weighted by molar-refractivity contribution is 6.62. The molecule has 0 N–H and O–H groups in total. The Bertz CT molecular complexity index is 579. The van der Waals surface area contributed by atoms with E-state index in [1.165, 1.54) is 30.5 Å². The molecule has 1 saturated carbocycles. The summed E-state index contributed by atoms with van der Waals surface area (Å²) in [4.78, 5) is 2.64. The summed E-state index contributed by atoms with van der Waals surface area (Å²) in [5.74, 6) is 0. The van der Waals surface area contributed by atoms with Crippen molar-refractivity contribution in [3.63, 3.8) is 0 Å². The van der Waals surface area contributed by atoms with Crippen LogP contribution in [0, 0.1) is 0 Å². The van der Waals surface area contributed by atoms with Crippen LogP contribution >= 0.6 is 0 Å². The van der Waals surface area contributed by atoms with E-state index in [-0.39, 0.29) is 18.3 Å². The van der Waals surface area contributed by atoms with Crippen LogP contribution in [0.25, 0.3) is 0 Å². The smallest absolute Gasteiger partial charge is 0.399 e. The van der Waals surface area contributed by atoms with E-state index in [2.05, 4.69) is 50.8 Å². The Balaban J connectivity index is 1.55. The van der Waals surface area contributed by atoms with Crippen molar-refractivity contribution in [2.75, 3.05) is 6.54 Å². The number of fused-ring (bicyclic) bond motifs is 1. The van der Waals surface area contributed by atoms with Crippen LogP contribution in [0.5, 0.6) is 0 Å². The first-order chi connectivity index (χ1) is 10.4. The Labute approximate surface area is 134 Å². The summed E-state index contributed by atoms with van der Waals surface area (Å²) in [7, 11) is -0.239. The van der Waals surface area contributed by atoms with Crippen molar-refractivity contribution >= 4 is 12.6 Å². The third-order valence-corrected chi connectivity index (χ3v) is 5.86. The van der Waals surface area contributed by atoms with Gasteiger partial charge in [-0.2, -0.15) is 0 Å². The lowest BCUT2D eigenvalue weighted by atomic mass is 9.77. The molecular formula is C18H26BNO2. The van der Waals surface area contributed by atoms with E-state index in [0.29, 0.717) is 0 Å². The van der Waals surface area contributed by atoms with Gasteiger partial charge in [0.25, 0.3) is 0 Å². The molecule has 0 radical (unpaired) electrons. The summed E-state index contributed by atoms with van der Waals surface area (Å²) in [5.41, 5.74) is 3.59. The van der Waals surface area contributed by atoms with Crippen LogP contribution in [0.1, 0.15) is 51.7 Å². The highest BCUT2D eigenvalue weighted by Gasteiger charge is 2.51. The highest BCUT2D eigenvalue weighted by Crippen LogP contribution is 2.37. The zero-order valence-corrected chi connectivity index (χ0v) is 14.2. The van der Waals surface area contributed by atoms with Crippen molar-refractivity contribution in [3.8, 4) is 0 Å². The van der Waals surface area contributed by atoms with Crippen LogP contribution in [0.4, 0.5) is 0 Å². The molecule has 0 unspecified atom stereocenters. The van der Waals surface area contributed by atoms with Gasteiger partial charge in [0.05, 0.1) is 11.2 Å². The molecule has 0 spiro atoms. The first-order valence-electron chi connectivity index (χ1n) is 8.57. The molecule has 1 aliphatic carbocycles. The van der Waals surface area contributed by atoms with Gasteiger partial charge in [0.1, 0.15) is 0 Å². The molecule has 1 saturated heterocycles. The van der Waals surface area contributed by atoms with E-state index in [1.807, 2.05) is 0 Å². The zero-order valence-electron chi connectivity index (χ0n) is 14.2. The van der Waals surface area contributed by atoms with E-state index in [9.17, 15) is 0 Å². The second-order valence-electron chi connectivity index (χ2n) is 8.07. The number of hydrogen-bond acceptors (Lipinski definition) is 3. The molecule has 118 valence electrons. The van der Waals surface area contributed by atoms with Crippen LogP contribution in [0.2, 0.25) is 0 Å². The fourth-order valence-corrected chi connectivity index (χ4v) is 3.47. The first kappa shape index (κ1) is 14.7. The van der Waals surface area contributed by atoms with E-state index in [4.69, 9.17) is 9.31 Å². The van der Waals surface area contributed by atoms with Gasteiger partial charge < -0.3 is 9.31 Å². The molecule has 3 aliphatic rings. The predicted molar refractivity (Wildman–Crippen MR) is 89.3 cm³/mol. The minimum Gasteiger partial charge on any atom is -0.399 e. The van der Waals surface area contributed by atoms with Gasteiger partial charge in [-0.15, -0.1) is 0 Å². The minimum atomic E-state index is -0.268. The summed E-state index contributed by atoms with van der Waals surface area (Å²) in [6, 6.07) is 7.64. The lowest BCUT2D eigenvalue weighted by Crippen LogP contribution is -2.41. The summed E-state index contributed by atoms with van der Waals surface area (Å²) in [6.07, 6.45) is 3.93. The van der Waals surface area contributed by atoms with E-state index < -0.39 is 0 Å². The molecule has 22 heavy (non-hydrogen) atoms. The van der Waals surface area contributed by atoms with Crippen molar-refractivity contribution in [2.45, 2.75) is 70.7 Å². The maximum Gasteiger partial charge on any atom is 0.494 e. The maximum atomic E-state index is 6.18. The molecule has 3 nitrogen and oxygen atoms in total. The van der Waals surface area contributed by atoms with E-state index in [0.717, 1.165) is 24.5 Å². The van der Waals surface area contributed by atoms with Gasteiger partial charge in [0.2, 0.25) is 0 Å². The molecular weight excluding hydrogens is 273 g/mol. The Hall–Kier alpha value is -0.835. The normalized spacial score (nSPS) is 27.0. The van der Waals surface area contributed by atoms with Crippen LogP contribution < -0.4 is 5.46 Å². The molecule has 0 aromatic heterocycles. The monoisotopic (exact) mass is 299 g/mol. The summed E-state index contributed by atoms with van der Waals surface area (Å²) in [6.45, 7) is 10.8. The fourth-order valence-electron chi connectivity index (χ4n) is 3.47. The zero-order chi connectivity index (χ0) is 15.5. The first-order valence-corrected chi connectivity index (χ1v) is 8.57. The average molecular weight is 299 g/mol. The lowest BCUT2D eigenvalue weighted by molar-refractivity contribution is 0.00578. The summed E-state index contributed by atoms with van der Waals surface area (Å²) >= 11 is 0. The second-order valence-corrected chi connectivity index (χ2v) is 8.07. The van der Waals surface area contributed by atoms with Crippen LogP contribution in [0.15, 0.2) is 18.2 Å². The van der Waals surface area contributed by atoms with Crippen molar-refractivity contribution < 1.29 is 9.31 Å². The van der Waals surface area contributed by atoms with Crippen LogP contribution in [-0.2, 0) is 22.3 Å². The number of benzene rings is 1. The Kier molecular flexibility index (Phi) is 3.23. The molecule has 2 aliphatic heterocycles. The number of hydrogen-bond donors (Lipinski definition) is 0. The van der Waals surface area contributed by atoms with Crippen molar-refractivity contribution in [3.05, 3.63) is 29.3 Å². The maximum absolute atomic E-state index is 6.18. The minimum absolute atomic E-state index is 0.239. The lowest BCUT2D eigenvalue weighted by Gasteiger charge is -2.32. The molecule has 1 aromatic rings. The standard InChI is InChI=1S/C18H26BNO2/c1-17(2)18(3,4)22-19(21-17)15-6-5-14-12-20(16-7-8-16)10-9-13(14)11-15/h5-6,11,16H,7-10,12H2,1-4H3. The van der Waals surface area contributed by atoms with Crippen molar-refractivity contribution in [2.24, 2.45) is 0 Å². The van der Waals surface area contributed by atoms with Gasteiger partial charge in [0.15, 0.2) is 0 Å². The molecule has 4 rings (SSSR count). The summed E-state index contributed by atoms with van der Waals surface area (Å²) < 4.78 is 12.4. The van der Waals surface area contributed by atoms with Gasteiger partial charge in [-0.05, 0) is 63.5 Å². The third kappa shape index (κ3) is 2.42. The predicted octanol–water partition coefficient (Wildman–Crippen LogP) is 2.51. The quantitative estimate of drug-likeness (QED) is 0.783. The molecule has 4 heteroatoms. The topological polar surface area (TPSA) is 21.7 Å². The van der Waals surface area contributed by atoms with Crippen LogP contribution in [0.3, 0.4) is 0 Å². The second kappa shape index (κ2) is 4.83. The highest BCUT2D eigenvalue weighted by atomic mass is 16.7. The van der Waals surface area contributed by atoms with Gasteiger partial charge in [-0.3, -0.25) is 4.90 Å². The SMILES string of the molecule is CC1(C)OB(c2ccc3c(c2)CCN(C2CC2)C3)OC1(C)C. The molecule has 1 aromatic carbocycles. The fraction of sp³-hybridized carbons (Fsp3) is 0.667. The van der Waals surface area contributed by atoms with Gasteiger partial charge in [-0.1, -0.05) is 18.2 Å². The van der Waals surface area contributed by atoms with Gasteiger partial charge in [-0.25, -0.2) is 0 Å². The van der Waals surface area contributed by atoms with Gasteiger partial charge in [0, 0.05) is 19.1 Å². The Morgan fingerprint density at radius 1 is 1.05 bits per heavy atom. The molecule has 0 amide bonds. The molecule has 0 atom stereocenters. The van der Waals surface area contributed by atoms with Crippen molar-refractivity contribution in [1.29, 1.82) is 0 Å². The van der Waals surface area contributed by atoms with E-state index >= 15 is 0 Å². The van der Waals surface area contributed by atoms with Crippen LogP contribution in [-0.4, -0.2) is 35.8 Å².